The first kappa shape index (κ1) is 11.9. The summed E-state index contributed by atoms with van der Waals surface area (Å²) in [6, 6.07) is 0. The van der Waals surface area contributed by atoms with Gasteiger partial charge in [-0.05, 0) is 42.4 Å². The van der Waals surface area contributed by atoms with Crippen LogP contribution in [0, 0.1) is 28.6 Å². The monoisotopic (exact) mass is 223 g/mol. The second-order valence-electron chi connectivity index (χ2n) is 6.59. The molecule has 3 atom stereocenters. The Bertz CT molecular complexity index is 308. The fourth-order valence-electron chi connectivity index (χ4n) is 4.67. The number of rotatable bonds is 2. The highest BCUT2D eigenvalue weighted by Crippen LogP contribution is 2.69. The highest BCUT2D eigenvalue weighted by molar-refractivity contribution is 5.84. The molecule has 0 aromatic carbocycles. The zero-order chi connectivity index (χ0) is 12.1. The molecule has 2 heteroatoms. The van der Waals surface area contributed by atoms with Crippen LogP contribution < -0.4 is 5.32 Å². The Labute approximate surface area is 99.2 Å². The number of fused-ring (bicyclic) bond motifs is 2. The van der Waals surface area contributed by atoms with Crippen LogP contribution in [0.5, 0.6) is 0 Å². The molecule has 2 nitrogen and oxygen atoms in total. The molecule has 0 spiro atoms. The molecule has 0 saturated heterocycles. The average molecular weight is 223 g/mol. The first-order valence-electron chi connectivity index (χ1n) is 6.60. The second kappa shape index (κ2) is 3.48. The van der Waals surface area contributed by atoms with Gasteiger partial charge in [0.15, 0.2) is 0 Å². The van der Waals surface area contributed by atoms with Gasteiger partial charge in [-0.15, -0.1) is 0 Å². The van der Waals surface area contributed by atoms with Crippen molar-refractivity contribution in [2.24, 2.45) is 28.6 Å². The maximum atomic E-state index is 12.4. The van der Waals surface area contributed by atoms with Crippen molar-refractivity contribution >= 4 is 5.91 Å². The fourth-order valence-corrected chi connectivity index (χ4v) is 4.67. The first-order valence-corrected chi connectivity index (χ1v) is 6.60. The number of nitrogens with one attached hydrogen (secondary N) is 1. The summed E-state index contributed by atoms with van der Waals surface area (Å²) in [7, 11) is 1.79. The van der Waals surface area contributed by atoms with E-state index in [4.69, 9.17) is 0 Å². The molecule has 0 aromatic heterocycles. The Hall–Kier alpha value is -0.530. The molecule has 16 heavy (non-hydrogen) atoms. The second-order valence-corrected chi connectivity index (χ2v) is 6.59. The van der Waals surface area contributed by atoms with Gasteiger partial charge < -0.3 is 5.32 Å². The normalized spacial score (nSPS) is 40.4. The smallest absolute Gasteiger partial charge is 0.226 e. The molecule has 2 rings (SSSR count). The lowest BCUT2D eigenvalue weighted by Crippen LogP contribution is -2.49. The van der Waals surface area contributed by atoms with Crippen LogP contribution in [-0.2, 0) is 4.79 Å². The molecule has 2 saturated carbocycles. The molecule has 3 unspecified atom stereocenters. The van der Waals surface area contributed by atoms with Crippen molar-refractivity contribution < 1.29 is 4.79 Å². The van der Waals surface area contributed by atoms with Crippen molar-refractivity contribution in [3.8, 4) is 0 Å². The SMILES string of the molecule is CNC(=O)C12CCC(CC1C(C)C)C2(C)C. The molecule has 0 aliphatic heterocycles. The number of hydrogen-bond donors (Lipinski definition) is 1. The van der Waals surface area contributed by atoms with Gasteiger partial charge in [-0.2, -0.15) is 0 Å². The zero-order valence-electron chi connectivity index (χ0n) is 11.3. The van der Waals surface area contributed by atoms with Crippen molar-refractivity contribution in [1.82, 2.24) is 5.32 Å². The standard InChI is InChI=1S/C14H25NO/c1-9(2)11-8-10-6-7-14(11,12(16)15-5)13(10,3)4/h9-11H,6-8H2,1-5H3,(H,15,16). The summed E-state index contributed by atoms with van der Waals surface area (Å²) in [4.78, 5) is 12.4. The lowest BCUT2D eigenvalue weighted by molar-refractivity contribution is -0.139. The lowest BCUT2D eigenvalue weighted by Gasteiger charge is -2.42. The summed E-state index contributed by atoms with van der Waals surface area (Å²) >= 11 is 0. The minimum atomic E-state index is -0.0966. The van der Waals surface area contributed by atoms with E-state index in [0.29, 0.717) is 11.8 Å². The van der Waals surface area contributed by atoms with Crippen molar-refractivity contribution in [3.63, 3.8) is 0 Å². The van der Waals surface area contributed by atoms with Gasteiger partial charge in [-0.25, -0.2) is 0 Å². The Kier molecular flexibility index (Phi) is 2.60. The average Bonchev–Trinajstić information content (AvgIpc) is 2.62. The van der Waals surface area contributed by atoms with Crippen LogP contribution in [0.15, 0.2) is 0 Å². The number of hydrogen-bond acceptors (Lipinski definition) is 1. The van der Waals surface area contributed by atoms with Crippen LogP contribution in [-0.4, -0.2) is 13.0 Å². The summed E-state index contributed by atoms with van der Waals surface area (Å²) in [5.74, 6) is 2.22. The van der Waals surface area contributed by atoms with Gasteiger partial charge in [0.25, 0.3) is 0 Å². The van der Waals surface area contributed by atoms with Gasteiger partial charge >= 0.3 is 0 Å². The van der Waals surface area contributed by atoms with Crippen LogP contribution in [0.4, 0.5) is 0 Å². The third kappa shape index (κ3) is 1.16. The van der Waals surface area contributed by atoms with E-state index in [2.05, 4.69) is 33.0 Å². The summed E-state index contributed by atoms with van der Waals surface area (Å²) in [5.41, 5.74) is 0.0859. The summed E-state index contributed by atoms with van der Waals surface area (Å²) in [6.45, 7) is 9.16. The lowest BCUT2D eigenvalue weighted by atomic mass is 9.62. The molecular weight excluding hydrogens is 198 g/mol. The topological polar surface area (TPSA) is 29.1 Å². The van der Waals surface area contributed by atoms with E-state index in [0.717, 1.165) is 12.3 Å². The molecular formula is C14H25NO. The maximum Gasteiger partial charge on any atom is 0.226 e. The Balaban J connectivity index is 2.45. The largest absolute Gasteiger partial charge is 0.359 e. The van der Waals surface area contributed by atoms with E-state index in [9.17, 15) is 4.79 Å². The van der Waals surface area contributed by atoms with Gasteiger partial charge in [-0.3, -0.25) is 4.79 Å². The number of carbonyl (C=O) groups excluding carboxylic acids is 1. The van der Waals surface area contributed by atoms with Crippen molar-refractivity contribution in [1.29, 1.82) is 0 Å². The van der Waals surface area contributed by atoms with E-state index in [1.54, 1.807) is 7.05 Å². The van der Waals surface area contributed by atoms with Gasteiger partial charge in [0.1, 0.15) is 0 Å². The molecule has 2 aliphatic rings. The van der Waals surface area contributed by atoms with Crippen LogP contribution in [0.25, 0.3) is 0 Å². The Morgan fingerprint density at radius 1 is 1.38 bits per heavy atom. The van der Waals surface area contributed by atoms with Gasteiger partial charge in [-0.1, -0.05) is 27.7 Å². The molecule has 2 fully saturated rings. The van der Waals surface area contributed by atoms with Crippen molar-refractivity contribution in [2.45, 2.75) is 47.0 Å². The Morgan fingerprint density at radius 3 is 2.44 bits per heavy atom. The molecule has 92 valence electrons. The summed E-state index contributed by atoms with van der Waals surface area (Å²) in [5, 5.41) is 2.93. The summed E-state index contributed by atoms with van der Waals surface area (Å²) < 4.78 is 0. The van der Waals surface area contributed by atoms with Crippen molar-refractivity contribution in [3.05, 3.63) is 0 Å². The third-order valence-corrected chi connectivity index (χ3v) is 5.67. The van der Waals surface area contributed by atoms with Crippen LogP contribution in [0.1, 0.15) is 47.0 Å². The van der Waals surface area contributed by atoms with Gasteiger partial charge in [0.2, 0.25) is 5.91 Å². The van der Waals surface area contributed by atoms with Gasteiger partial charge in [0, 0.05) is 7.05 Å². The number of carbonyl (C=O) groups is 1. The van der Waals surface area contributed by atoms with Crippen LogP contribution in [0.3, 0.4) is 0 Å². The van der Waals surface area contributed by atoms with E-state index in [-0.39, 0.29) is 16.7 Å². The molecule has 2 bridgehead atoms. The van der Waals surface area contributed by atoms with E-state index in [1.807, 2.05) is 0 Å². The van der Waals surface area contributed by atoms with E-state index < -0.39 is 0 Å². The molecule has 0 radical (unpaired) electrons. The van der Waals surface area contributed by atoms with Gasteiger partial charge in [0.05, 0.1) is 5.41 Å². The minimum absolute atomic E-state index is 0.0966. The first-order chi connectivity index (χ1) is 7.38. The summed E-state index contributed by atoms with van der Waals surface area (Å²) in [6.07, 6.45) is 3.58. The predicted octanol–water partition coefficient (Wildman–Crippen LogP) is 2.83. The van der Waals surface area contributed by atoms with Crippen LogP contribution >= 0.6 is 0 Å². The highest BCUT2D eigenvalue weighted by Gasteiger charge is 2.67. The molecule has 1 amide bonds. The third-order valence-electron chi connectivity index (χ3n) is 5.67. The zero-order valence-corrected chi connectivity index (χ0v) is 11.3. The van der Waals surface area contributed by atoms with E-state index in [1.165, 1.54) is 12.8 Å². The molecule has 2 aliphatic carbocycles. The Morgan fingerprint density at radius 2 is 2.00 bits per heavy atom. The highest BCUT2D eigenvalue weighted by atomic mass is 16.2. The minimum Gasteiger partial charge on any atom is -0.359 e. The molecule has 1 N–H and O–H groups in total. The molecule has 0 aromatic rings. The quantitative estimate of drug-likeness (QED) is 0.766. The maximum absolute atomic E-state index is 12.4. The van der Waals surface area contributed by atoms with Crippen molar-refractivity contribution in [2.75, 3.05) is 7.05 Å². The number of amides is 1. The van der Waals surface area contributed by atoms with Crippen LogP contribution in [0.2, 0.25) is 0 Å². The predicted molar refractivity (Wildman–Crippen MR) is 65.9 cm³/mol. The molecule has 0 heterocycles. The fraction of sp³-hybridized carbons (Fsp3) is 0.929. The van der Waals surface area contributed by atoms with E-state index >= 15 is 0 Å².